The minimum atomic E-state index is -4.58. The number of nitrogens with zero attached hydrogens (tertiary/aromatic N) is 1. The van der Waals surface area contributed by atoms with Crippen LogP contribution in [0.4, 0.5) is 0 Å². The summed E-state index contributed by atoms with van der Waals surface area (Å²) in [5, 5.41) is 14.1. The quantitative estimate of drug-likeness (QED) is 0.0272. The van der Waals surface area contributed by atoms with E-state index in [0.717, 1.165) is 44.9 Å². The molecular weight excluding hydrogens is 1060 g/mol. The Bertz CT molecular complexity index is 1420. The molecule has 0 fully saturated rings. The molecule has 0 saturated carbocycles. The first-order valence-electron chi connectivity index (χ1n) is 37.7. The largest absolute Gasteiger partial charge is 0.756 e. The molecule has 0 radical (unpaired) electrons. The molecule has 9 heteroatoms. The Balaban J connectivity index is 3.92. The van der Waals surface area contributed by atoms with E-state index in [1.54, 1.807) is 0 Å². The molecule has 0 spiro atoms. The summed E-state index contributed by atoms with van der Waals surface area (Å²) in [6, 6.07) is -0.800. The molecule has 500 valence electrons. The summed E-state index contributed by atoms with van der Waals surface area (Å²) < 4.78 is 23.6. The van der Waals surface area contributed by atoms with E-state index in [4.69, 9.17) is 9.05 Å². The molecule has 3 atom stereocenters. The van der Waals surface area contributed by atoms with Crippen molar-refractivity contribution >= 4 is 13.7 Å². The molecule has 1 amide bonds. The van der Waals surface area contributed by atoms with Crippen molar-refractivity contribution < 1.29 is 32.9 Å². The second-order valence-electron chi connectivity index (χ2n) is 27.4. The minimum absolute atomic E-state index is 0.0148. The van der Waals surface area contributed by atoms with Crippen LogP contribution in [0.25, 0.3) is 0 Å². The van der Waals surface area contributed by atoms with Crippen molar-refractivity contribution in [3.63, 3.8) is 0 Å². The third kappa shape index (κ3) is 68.5. The first-order valence-corrected chi connectivity index (χ1v) is 39.1. The van der Waals surface area contributed by atoms with Gasteiger partial charge in [-0.15, -0.1) is 0 Å². The first kappa shape index (κ1) is 83.0. The molecule has 3 unspecified atom stereocenters. The van der Waals surface area contributed by atoms with Gasteiger partial charge in [-0.2, -0.15) is 0 Å². The number of aliphatic hydroxyl groups is 1. The number of amides is 1. The van der Waals surface area contributed by atoms with Crippen molar-refractivity contribution in [3.05, 3.63) is 24.3 Å². The Morgan fingerprint density at radius 3 is 0.988 bits per heavy atom. The molecule has 8 nitrogen and oxygen atoms in total. The number of likely N-dealkylation sites (N-methyl/N-ethyl adjacent to an activating group) is 1. The summed E-state index contributed by atoms with van der Waals surface area (Å²) >= 11 is 0. The summed E-state index contributed by atoms with van der Waals surface area (Å²) in [6.45, 7) is 4.79. The maximum Gasteiger partial charge on any atom is 0.268 e. The number of phosphoric acid groups is 1. The van der Waals surface area contributed by atoms with Crippen molar-refractivity contribution in [2.75, 3.05) is 40.9 Å². The highest BCUT2D eigenvalue weighted by atomic mass is 31.2. The smallest absolute Gasteiger partial charge is 0.268 e. The van der Waals surface area contributed by atoms with Gasteiger partial charge in [0.2, 0.25) is 5.91 Å². The number of nitrogens with one attached hydrogen (secondary N) is 1. The van der Waals surface area contributed by atoms with Gasteiger partial charge in [0.05, 0.1) is 39.9 Å². The molecule has 0 heterocycles. The molecule has 0 rings (SSSR count). The molecule has 0 aliphatic carbocycles. The third-order valence-corrected chi connectivity index (χ3v) is 18.7. The molecule has 2 N–H and O–H groups in total. The average Bonchev–Trinajstić information content (AvgIpc) is 3.56. The van der Waals surface area contributed by atoms with Crippen LogP contribution < -0.4 is 10.2 Å². The van der Waals surface area contributed by atoms with Crippen LogP contribution in [-0.2, 0) is 18.4 Å². The zero-order valence-corrected chi connectivity index (χ0v) is 58.3. The van der Waals surface area contributed by atoms with E-state index in [1.807, 2.05) is 21.1 Å². The fraction of sp³-hybridized carbons (Fsp3) is 0.933. The zero-order valence-electron chi connectivity index (χ0n) is 57.4. The summed E-state index contributed by atoms with van der Waals surface area (Å²) in [7, 11) is 1.32. The van der Waals surface area contributed by atoms with E-state index in [-0.39, 0.29) is 19.1 Å². The molecule has 0 saturated heterocycles. The number of hydrogen-bond acceptors (Lipinski definition) is 6. The van der Waals surface area contributed by atoms with Crippen LogP contribution in [0.3, 0.4) is 0 Å². The van der Waals surface area contributed by atoms with Gasteiger partial charge >= 0.3 is 0 Å². The fourth-order valence-corrected chi connectivity index (χ4v) is 12.6. The number of carbonyl (C=O) groups excluding carboxylic acids is 1. The number of rotatable bonds is 71. The molecule has 0 aliphatic heterocycles. The van der Waals surface area contributed by atoms with Gasteiger partial charge in [-0.25, -0.2) is 0 Å². The van der Waals surface area contributed by atoms with E-state index < -0.39 is 20.0 Å². The predicted molar refractivity (Wildman–Crippen MR) is 367 cm³/mol. The lowest BCUT2D eigenvalue weighted by Gasteiger charge is -2.30. The number of quaternary nitrogens is 1. The van der Waals surface area contributed by atoms with Crippen molar-refractivity contribution in [2.24, 2.45) is 0 Å². The summed E-state index contributed by atoms with van der Waals surface area (Å²) in [5.41, 5.74) is 0. The number of hydrogen-bond donors (Lipinski definition) is 2. The molecule has 0 aromatic carbocycles. The second kappa shape index (κ2) is 66.4. The molecule has 0 aromatic heterocycles. The Kier molecular flexibility index (Phi) is 65.6. The van der Waals surface area contributed by atoms with Crippen molar-refractivity contribution in [2.45, 2.75) is 411 Å². The van der Waals surface area contributed by atoms with Crippen LogP contribution in [-0.4, -0.2) is 68.5 Å². The number of aliphatic hydroxyl groups excluding tert-OH is 1. The van der Waals surface area contributed by atoms with Crippen LogP contribution in [0.1, 0.15) is 399 Å². The topological polar surface area (TPSA) is 108 Å². The van der Waals surface area contributed by atoms with Crippen LogP contribution in [0.15, 0.2) is 24.3 Å². The lowest BCUT2D eigenvalue weighted by atomic mass is 10.0. The summed E-state index contributed by atoms with van der Waals surface area (Å²) in [5.74, 6) is -0.156. The van der Waals surface area contributed by atoms with E-state index in [0.29, 0.717) is 23.9 Å². The van der Waals surface area contributed by atoms with Crippen LogP contribution in [0.2, 0.25) is 0 Å². The first-order chi connectivity index (χ1) is 41.0. The van der Waals surface area contributed by atoms with Crippen molar-refractivity contribution in [1.29, 1.82) is 0 Å². The molecule has 0 aliphatic rings. The number of unbranched alkanes of at least 4 members (excludes halogenated alkanes) is 54. The lowest BCUT2D eigenvalue weighted by Crippen LogP contribution is -2.46. The predicted octanol–water partition coefficient (Wildman–Crippen LogP) is 23.6. The van der Waals surface area contributed by atoms with Gasteiger partial charge in [0.15, 0.2) is 0 Å². The Labute approximate surface area is 525 Å². The number of phosphoric ester groups is 1. The molecule has 0 aromatic rings. The highest BCUT2D eigenvalue weighted by molar-refractivity contribution is 7.45. The average molecular weight is 1210 g/mol. The van der Waals surface area contributed by atoms with Crippen LogP contribution >= 0.6 is 7.82 Å². The molecule has 84 heavy (non-hydrogen) atoms. The van der Waals surface area contributed by atoms with E-state index >= 15 is 0 Å². The van der Waals surface area contributed by atoms with E-state index in [2.05, 4.69) is 43.5 Å². The molecule has 0 bridgehead atoms. The van der Waals surface area contributed by atoms with Crippen LogP contribution in [0, 0.1) is 0 Å². The number of carbonyl (C=O) groups is 1. The molecular formula is C75H149N2O6P. The zero-order chi connectivity index (χ0) is 61.2. The van der Waals surface area contributed by atoms with Gasteiger partial charge in [0, 0.05) is 6.42 Å². The lowest BCUT2D eigenvalue weighted by molar-refractivity contribution is -0.870. The minimum Gasteiger partial charge on any atom is -0.756 e. The second-order valence-corrected chi connectivity index (χ2v) is 28.8. The standard InChI is InChI=1S/C75H149N2O6P/c1-6-8-10-12-14-16-18-20-22-24-26-28-30-31-32-33-34-35-36-37-38-39-40-41-42-43-44-45-47-49-51-53-55-57-59-61-63-65-67-69-75(79)76-73(72-83-84(80,81)82-71-70-77(3,4)5)74(78)68-66-64-62-60-58-56-54-52-50-48-46-29-27-25-23-21-19-17-15-13-11-9-7-2/h34-35,37-38,73-74,78H,6-33,36,39-72H2,1-5H3,(H-,76,79,80,81)/b35-34-,38-37-. The number of allylic oxidation sites excluding steroid dienone is 4. The highest BCUT2D eigenvalue weighted by Gasteiger charge is 2.24. The van der Waals surface area contributed by atoms with E-state index in [1.165, 1.54) is 327 Å². The third-order valence-electron chi connectivity index (χ3n) is 17.7. The maximum atomic E-state index is 13.1. The van der Waals surface area contributed by atoms with Gasteiger partial charge in [-0.05, 0) is 44.9 Å². The van der Waals surface area contributed by atoms with Gasteiger partial charge in [0.1, 0.15) is 13.2 Å². The normalized spacial score (nSPS) is 13.7. The van der Waals surface area contributed by atoms with Gasteiger partial charge in [-0.3, -0.25) is 9.36 Å². The van der Waals surface area contributed by atoms with Crippen molar-refractivity contribution in [3.8, 4) is 0 Å². The van der Waals surface area contributed by atoms with Gasteiger partial charge in [-0.1, -0.05) is 372 Å². The highest BCUT2D eigenvalue weighted by Crippen LogP contribution is 2.38. The van der Waals surface area contributed by atoms with Crippen molar-refractivity contribution in [1.82, 2.24) is 5.32 Å². The Morgan fingerprint density at radius 1 is 0.417 bits per heavy atom. The van der Waals surface area contributed by atoms with Gasteiger partial charge < -0.3 is 28.8 Å². The maximum absolute atomic E-state index is 13.1. The SMILES string of the molecule is CCCCCCCCCCCCCCCCC/C=C\C/C=C\CCCCCCCCCCCCCCCCCCCC(=O)NC(COP(=O)([O-])OCC[N+](C)(C)C)C(O)CCCCCCCCCCCCCCCCCCCCCCCCC. The van der Waals surface area contributed by atoms with E-state index in [9.17, 15) is 19.4 Å². The van der Waals surface area contributed by atoms with Gasteiger partial charge in [0.25, 0.3) is 7.82 Å². The fourth-order valence-electron chi connectivity index (χ4n) is 11.8. The Morgan fingerprint density at radius 2 is 0.690 bits per heavy atom. The Hall–Kier alpha value is -1.02. The monoisotopic (exact) mass is 1210 g/mol. The summed E-state index contributed by atoms with van der Waals surface area (Å²) in [4.78, 5) is 25.7. The van der Waals surface area contributed by atoms with Crippen LogP contribution in [0.5, 0.6) is 0 Å². The summed E-state index contributed by atoms with van der Waals surface area (Å²) in [6.07, 6.45) is 87.1.